The number of benzene rings is 1. The summed E-state index contributed by atoms with van der Waals surface area (Å²) in [5.41, 5.74) is 1.64. The van der Waals surface area contributed by atoms with Crippen molar-refractivity contribution in [3.63, 3.8) is 0 Å². The number of para-hydroxylation sites is 1. The first-order chi connectivity index (χ1) is 11.4. The first-order valence-electron chi connectivity index (χ1n) is 7.56. The molecule has 0 amide bonds. The van der Waals surface area contributed by atoms with E-state index in [9.17, 15) is 8.42 Å². The van der Waals surface area contributed by atoms with Gasteiger partial charge in [-0.15, -0.1) is 11.3 Å². The van der Waals surface area contributed by atoms with Gasteiger partial charge in [-0.2, -0.15) is 4.31 Å². The van der Waals surface area contributed by atoms with Gasteiger partial charge in [0.05, 0.1) is 17.5 Å². The van der Waals surface area contributed by atoms with Crippen molar-refractivity contribution in [2.45, 2.75) is 17.2 Å². The molecule has 8 heteroatoms. The van der Waals surface area contributed by atoms with Crippen LogP contribution in [0.25, 0.3) is 0 Å². The number of thiophene rings is 1. The van der Waals surface area contributed by atoms with Crippen LogP contribution in [0.5, 0.6) is 5.75 Å². The van der Waals surface area contributed by atoms with E-state index in [0.717, 1.165) is 22.5 Å². The Kier molecular flexibility index (Phi) is 5.17. The van der Waals surface area contributed by atoms with Crippen LogP contribution in [0.1, 0.15) is 17.2 Å². The molecule has 130 valence electrons. The zero-order valence-corrected chi connectivity index (χ0v) is 15.8. The maximum atomic E-state index is 13.1. The molecule has 24 heavy (non-hydrogen) atoms. The Hall–Kier alpha value is -1.12. The highest BCUT2D eigenvalue weighted by Gasteiger charge is 2.36. The van der Waals surface area contributed by atoms with E-state index in [0.29, 0.717) is 29.7 Å². The van der Waals surface area contributed by atoms with E-state index in [1.165, 1.54) is 0 Å². The molecule has 1 aromatic carbocycles. The number of rotatable bonds is 4. The maximum Gasteiger partial charge on any atom is 0.253 e. The molecular weight excluding hydrogens is 368 g/mol. The maximum absolute atomic E-state index is 13.1. The number of hydrogen-bond acceptors (Lipinski definition) is 5. The summed E-state index contributed by atoms with van der Waals surface area (Å²) >= 11 is 7.18. The monoisotopic (exact) mass is 386 g/mol. The zero-order valence-electron chi connectivity index (χ0n) is 13.5. The zero-order chi connectivity index (χ0) is 17.3. The van der Waals surface area contributed by atoms with Crippen LogP contribution in [0.15, 0.2) is 34.5 Å². The van der Waals surface area contributed by atoms with Crippen LogP contribution in [-0.2, 0) is 10.0 Å². The number of hydrogen-bond donors (Lipinski definition) is 1. The van der Waals surface area contributed by atoms with Gasteiger partial charge in [0.2, 0.25) is 0 Å². The molecule has 1 aromatic heterocycles. The molecule has 1 N–H and O–H groups in total. The van der Waals surface area contributed by atoms with Crippen molar-refractivity contribution in [2.75, 3.05) is 26.7 Å². The number of sulfonamides is 1. The van der Waals surface area contributed by atoms with Gasteiger partial charge in [-0.05, 0) is 24.6 Å². The number of piperazine rings is 1. The topological polar surface area (TPSA) is 58.6 Å². The van der Waals surface area contributed by atoms with E-state index in [-0.39, 0.29) is 10.3 Å². The Bertz CT molecular complexity index is 816. The third-order valence-corrected chi connectivity index (χ3v) is 8.00. The lowest BCUT2D eigenvalue weighted by Crippen LogP contribution is -2.48. The molecule has 1 aliphatic rings. The fraction of sp³-hybridized carbons (Fsp3) is 0.375. The molecule has 2 aromatic rings. The molecule has 1 unspecified atom stereocenters. The van der Waals surface area contributed by atoms with E-state index >= 15 is 0 Å². The van der Waals surface area contributed by atoms with Crippen molar-refractivity contribution in [1.29, 1.82) is 0 Å². The second-order valence-corrected chi connectivity index (χ2v) is 9.37. The lowest BCUT2D eigenvalue weighted by molar-refractivity contribution is 0.265. The van der Waals surface area contributed by atoms with Crippen LogP contribution in [0.2, 0.25) is 4.34 Å². The average molecular weight is 387 g/mol. The average Bonchev–Trinajstić information content (AvgIpc) is 2.94. The summed E-state index contributed by atoms with van der Waals surface area (Å²) in [4.78, 5) is 0. The summed E-state index contributed by atoms with van der Waals surface area (Å²) in [6.45, 7) is 3.37. The Balaban J connectivity index is 2.03. The Morgan fingerprint density at radius 3 is 2.79 bits per heavy atom. The van der Waals surface area contributed by atoms with Gasteiger partial charge >= 0.3 is 0 Å². The molecule has 2 heterocycles. The first-order valence-corrected chi connectivity index (χ1v) is 10.2. The number of nitrogens with one attached hydrogen (secondary N) is 1. The van der Waals surface area contributed by atoms with E-state index < -0.39 is 10.0 Å². The van der Waals surface area contributed by atoms with Gasteiger partial charge in [-0.3, -0.25) is 0 Å². The van der Waals surface area contributed by atoms with Crippen LogP contribution in [-0.4, -0.2) is 39.5 Å². The molecule has 3 rings (SSSR count). The predicted molar refractivity (Wildman–Crippen MR) is 96.6 cm³/mol. The van der Waals surface area contributed by atoms with Crippen LogP contribution in [0, 0.1) is 6.92 Å². The quantitative estimate of drug-likeness (QED) is 0.877. The Morgan fingerprint density at radius 1 is 1.38 bits per heavy atom. The largest absolute Gasteiger partial charge is 0.496 e. The smallest absolute Gasteiger partial charge is 0.253 e. The highest BCUT2D eigenvalue weighted by molar-refractivity contribution is 7.91. The van der Waals surface area contributed by atoms with Crippen LogP contribution in [0.3, 0.4) is 0 Å². The normalized spacial score (nSPS) is 19.4. The number of aryl methyl sites for hydroxylation is 1. The molecule has 1 atom stereocenters. The van der Waals surface area contributed by atoms with E-state index in [1.54, 1.807) is 17.5 Å². The third kappa shape index (κ3) is 3.19. The van der Waals surface area contributed by atoms with Gasteiger partial charge in [0.25, 0.3) is 10.0 Å². The third-order valence-electron chi connectivity index (χ3n) is 4.09. The van der Waals surface area contributed by atoms with Gasteiger partial charge < -0.3 is 10.1 Å². The first kappa shape index (κ1) is 17.7. The molecule has 1 fully saturated rings. The number of nitrogens with zero attached hydrogens (tertiary/aromatic N) is 1. The highest BCUT2D eigenvalue weighted by atomic mass is 35.5. The fourth-order valence-corrected chi connectivity index (χ4v) is 6.30. The van der Waals surface area contributed by atoms with Crippen molar-refractivity contribution in [1.82, 2.24) is 9.62 Å². The van der Waals surface area contributed by atoms with Gasteiger partial charge in [-0.1, -0.05) is 29.8 Å². The van der Waals surface area contributed by atoms with Crippen molar-refractivity contribution in [2.24, 2.45) is 0 Å². The van der Waals surface area contributed by atoms with Crippen molar-refractivity contribution < 1.29 is 13.2 Å². The van der Waals surface area contributed by atoms with Gasteiger partial charge in [0.15, 0.2) is 0 Å². The van der Waals surface area contributed by atoms with Crippen molar-refractivity contribution >= 4 is 33.0 Å². The molecule has 0 aliphatic carbocycles. The summed E-state index contributed by atoms with van der Waals surface area (Å²) in [6.07, 6.45) is 0. The lowest BCUT2D eigenvalue weighted by atomic mass is 10.0. The van der Waals surface area contributed by atoms with Crippen LogP contribution < -0.4 is 10.1 Å². The van der Waals surface area contributed by atoms with E-state index in [1.807, 2.05) is 31.2 Å². The summed E-state index contributed by atoms with van der Waals surface area (Å²) in [7, 11) is -2.02. The van der Waals surface area contributed by atoms with Gasteiger partial charge in [0, 0.05) is 25.2 Å². The molecule has 0 radical (unpaired) electrons. The van der Waals surface area contributed by atoms with Crippen molar-refractivity contribution in [3.05, 3.63) is 45.8 Å². The molecule has 5 nitrogen and oxygen atoms in total. The summed E-state index contributed by atoms with van der Waals surface area (Å²) in [5, 5.41) is 3.27. The number of halogens is 1. The van der Waals surface area contributed by atoms with Gasteiger partial charge in [0.1, 0.15) is 9.96 Å². The van der Waals surface area contributed by atoms with Crippen LogP contribution >= 0.6 is 22.9 Å². The molecule has 0 bridgehead atoms. The molecule has 1 aliphatic heterocycles. The molecule has 1 saturated heterocycles. The second-order valence-electron chi connectivity index (χ2n) is 5.60. The molecule has 0 saturated carbocycles. The van der Waals surface area contributed by atoms with Crippen LogP contribution in [0.4, 0.5) is 0 Å². The molecular formula is C16H19ClN2O3S2. The Morgan fingerprint density at radius 2 is 2.12 bits per heavy atom. The fourth-order valence-electron chi connectivity index (χ4n) is 2.85. The lowest BCUT2D eigenvalue weighted by Gasteiger charge is -2.35. The number of ether oxygens (including phenoxy) is 1. The van der Waals surface area contributed by atoms with Crippen molar-refractivity contribution in [3.8, 4) is 5.75 Å². The Labute approximate surface area is 151 Å². The minimum atomic E-state index is -3.61. The minimum Gasteiger partial charge on any atom is -0.496 e. The SMILES string of the molecule is COc1ccccc1C1CNCCN1S(=O)(=O)c1cc(C)c(Cl)s1. The standard InChI is InChI=1S/C16H19ClN2O3S2/c1-11-9-15(23-16(11)17)24(20,21)19-8-7-18-10-13(19)12-5-3-4-6-14(12)22-2/h3-6,9,13,18H,7-8,10H2,1-2H3. The predicted octanol–water partition coefficient (Wildman–Crippen LogP) is 3.05. The summed E-state index contributed by atoms with van der Waals surface area (Å²) < 4.78 is 34.1. The number of methoxy groups -OCH3 is 1. The van der Waals surface area contributed by atoms with E-state index in [2.05, 4.69) is 5.32 Å². The molecule has 0 spiro atoms. The van der Waals surface area contributed by atoms with E-state index in [4.69, 9.17) is 16.3 Å². The highest BCUT2D eigenvalue weighted by Crippen LogP contribution is 2.37. The second kappa shape index (κ2) is 7.01. The summed E-state index contributed by atoms with van der Waals surface area (Å²) in [5.74, 6) is 0.687. The minimum absolute atomic E-state index is 0.284. The van der Waals surface area contributed by atoms with Gasteiger partial charge in [-0.25, -0.2) is 8.42 Å². The summed E-state index contributed by atoms with van der Waals surface area (Å²) in [6, 6.07) is 8.85.